The lowest BCUT2D eigenvalue weighted by Crippen LogP contribution is -2.05. The van der Waals surface area contributed by atoms with E-state index >= 15 is 0 Å². The lowest BCUT2D eigenvalue weighted by atomic mass is 10.2. The summed E-state index contributed by atoms with van der Waals surface area (Å²) in [6, 6.07) is 13.9. The zero-order valence-corrected chi connectivity index (χ0v) is 15.2. The van der Waals surface area contributed by atoms with Crippen molar-refractivity contribution in [2.45, 2.75) is 13.1 Å². The summed E-state index contributed by atoms with van der Waals surface area (Å²) in [7, 11) is 3.22. The van der Waals surface area contributed by atoms with Crippen LogP contribution >= 0.6 is 0 Å². The van der Waals surface area contributed by atoms with Gasteiger partial charge in [-0.1, -0.05) is 18.2 Å². The second-order valence-electron chi connectivity index (χ2n) is 5.81. The van der Waals surface area contributed by atoms with Crippen molar-refractivity contribution in [2.75, 3.05) is 24.9 Å². The van der Waals surface area contributed by atoms with Gasteiger partial charge in [0.2, 0.25) is 0 Å². The third-order valence-electron chi connectivity index (χ3n) is 3.98. The van der Waals surface area contributed by atoms with Crippen LogP contribution in [0, 0.1) is 5.82 Å². The molecule has 1 aromatic heterocycles. The van der Waals surface area contributed by atoms with Gasteiger partial charge in [-0.15, -0.1) is 0 Å². The van der Waals surface area contributed by atoms with E-state index in [-0.39, 0.29) is 5.82 Å². The molecule has 0 bridgehead atoms. The molecule has 0 radical (unpaired) electrons. The van der Waals surface area contributed by atoms with E-state index in [0.29, 0.717) is 36.2 Å². The number of nitrogens with zero attached hydrogens (tertiary/aromatic N) is 2. The lowest BCUT2D eigenvalue weighted by Gasteiger charge is -2.11. The average Bonchev–Trinajstić information content (AvgIpc) is 2.72. The second kappa shape index (κ2) is 8.84. The predicted octanol–water partition coefficient (Wildman–Crippen LogP) is 3.86. The van der Waals surface area contributed by atoms with Crippen LogP contribution in [0.5, 0.6) is 11.5 Å². The van der Waals surface area contributed by atoms with Crippen LogP contribution in [0.1, 0.15) is 11.1 Å². The average molecular weight is 368 g/mol. The molecule has 27 heavy (non-hydrogen) atoms. The molecule has 0 fully saturated rings. The van der Waals surface area contributed by atoms with Crippen LogP contribution in [-0.2, 0) is 13.1 Å². The number of aromatic nitrogens is 2. The number of hydrogen-bond acceptors (Lipinski definition) is 6. The van der Waals surface area contributed by atoms with Crippen LogP contribution in [0.15, 0.2) is 54.9 Å². The van der Waals surface area contributed by atoms with Gasteiger partial charge in [-0.05, 0) is 35.4 Å². The van der Waals surface area contributed by atoms with E-state index in [1.54, 1.807) is 26.4 Å². The molecule has 0 aliphatic rings. The first kappa shape index (κ1) is 18.4. The summed E-state index contributed by atoms with van der Waals surface area (Å²) in [5.74, 6) is 2.50. The third-order valence-corrected chi connectivity index (χ3v) is 3.98. The van der Waals surface area contributed by atoms with Crippen molar-refractivity contribution in [3.63, 3.8) is 0 Å². The second-order valence-corrected chi connectivity index (χ2v) is 5.81. The summed E-state index contributed by atoms with van der Waals surface area (Å²) < 4.78 is 23.5. The fraction of sp³-hybridized carbons (Fsp3) is 0.200. The summed E-state index contributed by atoms with van der Waals surface area (Å²) in [6.07, 6.45) is 1.49. The van der Waals surface area contributed by atoms with Gasteiger partial charge < -0.3 is 20.1 Å². The Morgan fingerprint density at radius 2 is 1.37 bits per heavy atom. The van der Waals surface area contributed by atoms with Gasteiger partial charge in [0.05, 0.1) is 14.2 Å². The monoisotopic (exact) mass is 368 g/mol. The summed E-state index contributed by atoms with van der Waals surface area (Å²) in [5, 5.41) is 6.46. The molecule has 6 nitrogen and oxygen atoms in total. The van der Waals surface area contributed by atoms with Crippen molar-refractivity contribution in [3.05, 3.63) is 71.8 Å². The molecule has 0 atom stereocenters. The Labute approximate surface area is 157 Å². The van der Waals surface area contributed by atoms with E-state index in [1.807, 2.05) is 24.3 Å². The molecule has 0 amide bonds. The molecule has 3 aromatic rings. The fourth-order valence-corrected chi connectivity index (χ4v) is 2.53. The fourth-order valence-electron chi connectivity index (χ4n) is 2.53. The van der Waals surface area contributed by atoms with Crippen LogP contribution in [0.25, 0.3) is 0 Å². The van der Waals surface area contributed by atoms with E-state index < -0.39 is 0 Å². The zero-order valence-electron chi connectivity index (χ0n) is 15.2. The SMILES string of the molecule is COc1ccc(CNc2cc(NCc3ccc(F)cc3)ncn2)cc1OC. The number of rotatable bonds is 8. The normalized spacial score (nSPS) is 10.3. The lowest BCUT2D eigenvalue weighted by molar-refractivity contribution is 0.354. The Balaban J connectivity index is 1.59. The number of hydrogen-bond donors (Lipinski definition) is 2. The van der Waals surface area contributed by atoms with E-state index in [9.17, 15) is 4.39 Å². The molecule has 0 unspecified atom stereocenters. The molecule has 1 heterocycles. The molecule has 2 N–H and O–H groups in total. The summed E-state index contributed by atoms with van der Waals surface area (Å²) >= 11 is 0. The minimum absolute atomic E-state index is 0.248. The molecule has 0 saturated heterocycles. The van der Waals surface area contributed by atoms with Crippen molar-refractivity contribution < 1.29 is 13.9 Å². The minimum Gasteiger partial charge on any atom is -0.493 e. The molecule has 0 saturated carbocycles. The highest BCUT2D eigenvalue weighted by Gasteiger charge is 2.05. The number of methoxy groups -OCH3 is 2. The van der Waals surface area contributed by atoms with Crippen molar-refractivity contribution >= 4 is 11.6 Å². The highest BCUT2D eigenvalue weighted by atomic mass is 19.1. The van der Waals surface area contributed by atoms with Gasteiger partial charge in [0.15, 0.2) is 11.5 Å². The predicted molar refractivity (Wildman–Crippen MR) is 103 cm³/mol. The van der Waals surface area contributed by atoms with Crippen LogP contribution in [-0.4, -0.2) is 24.2 Å². The Morgan fingerprint density at radius 3 is 2.00 bits per heavy atom. The van der Waals surface area contributed by atoms with E-state index in [0.717, 1.165) is 11.1 Å². The Morgan fingerprint density at radius 1 is 0.778 bits per heavy atom. The molecular formula is C20H21FN4O2. The maximum Gasteiger partial charge on any atom is 0.161 e. The smallest absolute Gasteiger partial charge is 0.161 e. The Kier molecular flexibility index (Phi) is 6.04. The molecule has 3 rings (SSSR count). The molecule has 140 valence electrons. The van der Waals surface area contributed by atoms with Gasteiger partial charge in [0.25, 0.3) is 0 Å². The summed E-state index contributed by atoms with van der Waals surface area (Å²) in [5.41, 5.74) is 2.00. The highest BCUT2D eigenvalue weighted by Crippen LogP contribution is 2.27. The standard InChI is InChI=1S/C20H21FN4O2/c1-26-17-8-5-15(9-18(17)27-2)12-23-20-10-19(24-13-25-20)22-11-14-3-6-16(21)7-4-14/h3-10,13H,11-12H2,1-2H3,(H2,22,23,24,25). The molecule has 7 heteroatoms. The summed E-state index contributed by atoms with van der Waals surface area (Å²) in [4.78, 5) is 8.43. The quantitative estimate of drug-likeness (QED) is 0.629. The van der Waals surface area contributed by atoms with Crippen LogP contribution in [0.2, 0.25) is 0 Å². The maximum atomic E-state index is 13.0. The maximum absolute atomic E-state index is 13.0. The zero-order chi connectivity index (χ0) is 19.1. The molecule has 0 aliphatic carbocycles. The van der Waals surface area contributed by atoms with Crippen molar-refractivity contribution in [1.82, 2.24) is 9.97 Å². The van der Waals surface area contributed by atoms with E-state index in [4.69, 9.17) is 9.47 Å². The van der Waals surface area contributed by atoms with Crippen molar-refractivity contribution in [2.24, 2.45) is 0 Å². The first-order valence-corrected chi connectivity index (χ1v) is 8.43. The molecular weight excluding hydrogens is 347 g/mol. The molecule has 0 spiro atoms. The third kappa shape index (κ3) is 5.07. The Hall–Kier alpha value is -3.35. The van der Waals surface area contributed by atoms with Crippen LogP contribution < -0.4 is 20.1 Å². The largest absolute Gasteiger partial charge is 0.493 e. The van der Waals surface area contributed by atoms with E-state index in [2.05, 4.69) is 20.6 Å². The van der Waals surface area contributed by atoms with Gasteiger partial charge in [-0.2, -0.15) is 0 Å². The van der Waals surface area contributed by atoms with Gasteiger partial charge in [0, 0.05) is 19.2 Å². The number of ether oxygens (including phenoxy) is 2. The van der Waals surface area contributed by atoms with Gasteiger partial charge in [0.1, 0.15) is 23.8 Å². The minimum atomic E-state index is -0.248. The number of anilines is 2. The van der Waals surface area contributed by atoms with Crippen LogP contribution in [0.3, 0.4) is 0 Å². The van der Waals surface area contributed by atoms with Crippen LogP contribution in [0.4, 0.5) is 16.0 Å². The van der Waals surface area contributed by atoms with E-state index in [1.165, 1.54) is 18.5 Å². The first-order valence-electron chi connectivity index (χ1n) is 8.43. The van der Waals surface area contributed by atoms with Crippen molar-refractivity contribution in [1.29, 1.82) is 0 Å². The molecule has 2 aromatic carbocycles. The van der Waals surface area contributed by atoms with Gasteiger partial charge in [-0.25, -0.2) is 14.4 Å². The number of halogens is 1. The topological polar surface area (TPSA) is 68.3 Å². The van der Waals surface area contributed by atoms with Crippen molar-refractivity contribution in [3.8, 4) is 11.5 Å². The number of nitrogens with one attached hydrogen (secondary N) is 2. The van der Waals surface area contributed by atoms with Gasteiger partial charge >= 0.3 is 0 Å². The molecule has 0 aliphatic heterocycles. The summed E-state index contributed by atoms with van der Waals surface area (Å²) in [6.45, 7) is 1.13. The number of benzene rings is 2. The Bertz CT molecular complexity index is 887. The van der Waals surface area contributed by atoms with Gasteiger partial charge in [-0.3, -0.25) is 0 Å². The highest BCUT2D eigenvalue weighted by molar-refractivity contribution is 5.48. The first-order chi connectivity index (χ1) is 13.2.